The maximum Gasteiger partial charge on any atom is 0.259 e. The lowest BCUT2D eigenvalue weighted by molar-refractivity contribution is -0.463. The van der Waals surface area contributed by atoms with Crippen molar-refractivity contribution in [2.75, 3.05) is 59.2 Å². The van der Waals surface area contributed by atoms with E-state index in [2.05, 4.69) is 32.2 Å². The van der Waals surface area contributed by atoms with Gasteiger partial charge in [-0.05, 0) is 69.9 Å². The molecule has 2 aromatic rings. The van der Waals surface area contributed by atoms with E-state index in [1.807, 2.05) is 38.4 Å². The minimum atomic E-state index is -0.351. The third-order valence-electron chi connectivity index (χ3n) is 5.67. The van der Waals surface area contributed by atoms with Gasteiger partial charge in [-0.25, -0.2) is 0 Å². The summed E-state index contributed by atoms with van der Waals surface area (Å²) >= 11 is 1.72. The van der Waals surface area contributed by atoms with Crippen molar-refractivity contribution in [2.45, 2.75) is 38.1 Å². The van der Waals surface area contributed by atoms with E-state index in [0.717, 1.165) is 41.9 Å². The molecule has 0 saturated carbocycles. The lowest BCUT2D eigenvalue weighted by atomic mass is 10.2. The van der Waals surface area contributed by atoms with Gasteiger partial charge in [0.1, 0.15) is 17.3 Å². The van der Waals surface area contributed by atoms with Crippen molar-refractivity contribution in [1.29, 1.82) is 0 Å². The van der Waals surface area contributed by atoms with Gasteiger partial charge in [-0.3, -0.25) is 20.0 Å². The third kappa shape index (κ3) is 11.0. The van der Waals surface area contributed by atoms with Gasteiger partial charge in [0.15, 0.2) is 5.84 Å². The van der Waals surface area contributed by atoms with E-state index in [0.29, 0.717) is 32.0 Å². The second-order valence-electron chi connectivity index (χ2n) is 9.24. The molecule has 3 rings (SSSR count). The van der Waals surface area contributed by atoms with Gasteiger partial charge in [-0.15, -0.1) is 0 Å². The average Bonchev–Trinajstić information content (AvgIpc) is 3.50. The fourth-order valence-electron chi connectivity index (χ4n) is 4.02. The largest absolute Gasteiger partial charge is 0.494 e. The van der Waals surface area contributed by atoms with Gasteiger partial charge >= 0.3 is 0 Å². The fourth-order valence-corrected chi connectivity index (χ4v) is 4.77. The van der Waals surface area contributed by atoms with Gasteiger partial charge in [0.25, 0.3) is 6.54 Å². The van der Waals surface area contributed by atoms with Crippen LogP contribution in [0.1, 0.15) is 36.3 Å². The van der Waals surface area contributed by atoms with Crippen LogP contribution in [-0.2, 0) is 18.8 Å². The number of nitrogens with one attached hydrogen (secondary N) is 1. The lowest BCUT2D eigenvalue weighted by Gasteiger charge is -2.15. The van der Waals surface area contributed by atoms with Crippen molar-refractivity contribution < 1.29 is 14.1 Å². The molecule has 1 saturated heterocycles. The van der Waals surface area contributed by atoms with E-state index in [4.69, 9.17) is 9.15 Å². The molecule has 0 aliphatic carbocycles. The van der Waals surface area contributed by atoms with Crippen molar-refractivity contribution in [3.05, 3.63) is 63.6 Å². The van der Waals surface area contributed by atoms with Crippen LogP contribution in [0.5, 0.6) is 5.75 Å². The number of hydrogen-bond donors (Lipinski definition) is 1. The predicted octanol–water partition coefficient (Wildman–Crippen LogP) is 3.90. The molecule has 9 nitrogen and oxygen atoms in total. The standard InChI is InChI=1S/C26H39N5O4S/c1-29(2)19-24-9-10-25(35-24)21-36-16-12-28-26(20-31(32)33)27-11-6-15-34-23-8-5-7-22(17-23)18-30-13-3-4-14-30/h5,7-10,17H,3-4,6,11-16,18-21H2,1-2H3,(H,27,28). The highest BCUT2D eigenvalue weighted by Crippen LogP contribution is 2.18. The number of rotatable bonds is 16. The molecule has 1 aliphatic rings. The number of furan rings is 1. The molecule has 2 heterocycles. The molecule has 198 valence electrons. The average molecular weight is 518 g/mol. The highest BCUT2D eigenvalue weighted by Gasteiger charge is 2.12. The molecule has 1 aliphatic heterocycles. The Hall–Kier alpha value is -2.56. The molecule has 10 heteroatoms. The van der Waals surface area contributed by atoms with Gasteiger partial charge in [0.2, 0.25) is 0 Å². The van der Waals surface area contributed by atoms with Gasteiger partial charge < -0.3 is 19.4 Å². The zero-order chi connectivity index (χ0) is 25.6. The van der Waals surface area contributed by atoms with Gasteiger partial charge in [-0.2, -0.15) is 11.8 Å². The summed E-state index contributed by atoms with van der Waals surface area (Å²) < 4.78 is 11.7. The van der Waals surface area contributed by atoms with Gasteiger partial charge in [-0.1, -0.05) is 12.1 Å². The Kier molecular flexibility index (Phi) is 12.1. The summed E-state index contributed by atoms with van der Waals surface area (Å²) in [6.45, 7) is 5.42. The minimum absolute atomic E-state index is 0.295. The number of likely N-dealkylation sites (tertiary alicyclic amines) is 1. The number of aliphatic imine (C=N–C) groups is 1. The summed E-state index contributed by atoms with van der Waals surface area (Å²) in [5, 5.41) is 14.2. The maximum atomic E-state index is 11.0. The van der Waals surface area contributed by atoms with Gasteiger partial charge in [0, 0.05) is 36.7 Å². The third-order valence-corrected chi connectivity index (χ3v) is 6.65. The lowest BCUT2D eigenvalue weighted by Crippen LogP contribution is -2.32. The number of benzene rings is 1. The molecule has 1 aromatic carbocycles. The fraction of sp³-hybridized carbons (Fsp3) is 0.577. The molecular formula is C26H39N5O4S. The first-order chi connectivity index (χ1) is 17.5. The number of nitro groups is 1. The molecule has 1 fully saturated rings. The topological polar surface area (TPSA) is 96.4 Å². The Bertz CT molecular complexity index is 959. The first-order valence-corrected chi connectivity index (χ1v) is 13.8. The Morgan fingerprint density at radius 1 is 1.25 bits per heavy atom. The smallest absolute Gasteiger partial charge is 0.259 e. The summed E-state index contributed by atoms with van der Waals surface area (Å²) in [4.78, 5) is 19.6. The second-order valence-corrected chi connectivity index (χ2v) is 10.3. The SMILES string of the molecule is CN(C)Cc1ccc(CSCCNC(C[N+](=O)[O-])=NCCCOc2cccc(CN3CCCC3)c2)o1. The number of hydrogen-bond acceptors (Lipinski definition) is 8. The maximum absolute atomic E-state index is 11.0. The summed E-state index contributed by atoms with van der Waals surface area (Å²) in [6.07, 6.45) is 3.26. The first-order valence-electron chi connectivity index (χ1n) is 12.6. The number of nitrogens with zero attached hydrogens (tertiary/aromatic N) is 4. The van der Waals surface area contributed by atoms with Crippen molar-refractivity contribution in [3.8, 4) is 5.75 Å². The van der Waals surface area contributed by atoms with Crippen molar-refractivity contribution in [2.24, 2.45) is 4.99 Å². The summed E-state index contributed by atoms with van der Waals surface area (Å²) in [7, 11) is 4.02. The zero-order valence-electron chi connectivity index (χ0n) is 21.5. The molecule has 1 N–H and O–H groups in total. The van der Waals surface area contributed by atoms with Crippen molar-refractivity contribution >= 4 is 17.6 Å². The van der Waals surface area contributed by atoms with E-state index in [-0.39, 0.29) is 11.5 Å². The molecule has 0 spiro atoms. The van der Waals surface area contributed by atoms with Crippen LogP contribution in [0.4, 0.5) is 0 Å². The van der Waals surface area contributed by atoms with E-state index in [1.165, 1.54) is 31.5 Å². The normalized spacial score (nSPS) is 14.5. The zero-order valence-corrected chi connectivity index (χ0v) is 22.3. The van der Waals surface area contributed by atoms with E-state index >= 15 is 0 Å². The van der Waals surface area contributed by atoms with Crippen LogP contribution < -0.4 is 10.1 Å². The molecule has 0 bridgehead atoms. The quantitative estimate of drug-likeness (QED) is 0.118. The summed E-state index contributed by atoms with van der Waals surface area (Å²) in [5.41, 5.74) is 1.27. The van der Waals surface area contributed by atoms with Crippen LogP contribution in [0.2, 0.25) is 0 Å². The Morgan fingerprint density at radius 2 is 2.06 bits per heavy atom. The monoisotopic (exact) mass is 517 g/mol. The highest BCUT2D eigenvalue weighted by molar-refractivity contribution is 7.98. The molecule has 36 heavy (non-hydrogen) atoms. The second kappa shape index (κ2) is 15.5. The minimum Gasteiger partial charge on any atom is -0.494 e. The highest BCUT2D eigenvalue weighted by atomic mass is 32.2. The van der Waals surface area contributed by atoms with Gasteiger partial charge in [0.05, 0.1) is 18.9 Å². The molecule has 0 atom stereocenters. The Balaban J connectivity index is 1.32. The number of ether oxygens (including phenoxy) is 1. The molecule has 0 radical (unpaired) electrons. The molecule has 1 aromatic heterocycles. The van der Waals surface area contributed by atoms with E-state index in [9.17, 15) is 10.1 Å². The first kappa shape index (κ1) is 28.0. The van der Waals surface area contributed by atoms with Crippen LogP contribution in [-0.4, -0.2) is 79.7 Å². The Morgan fingerprint density at radius 3 is 2.83 bits per heavy atom. The van der Waals surface area contributed by atoms with E-state index < -0.39 is 0 Å². The molecular weight excluding hydrogens is 478 g/mol. The van der Waals surface area contributed by atoms with Crippen molar-refractivity contribution in [1.82, 2.24) is 15.1 Å². The van der Waals surface area contributed by atoms with Crippen LogP contribution in [0.15, 0.2) is 45.8 Å². The van der Waals surface area contributed by atoms with Crippen LogP contribution >= 0.6 is 11.8 Å². The molecule has 0 unspecified atom stereocenters. The Labute approximate surface area is 218 Å². The van der Waals surface area contributed by atoms with Crippen LogP contribution in [0.3, 0.4) is 0 Å². The predicted molar refractivity (Wildman–Crippen MR) is 145 cm³/mol. The van der Waals surface area contributed by atoms with Crippen LogP contribution in [0.25, 0.3) is 0 Å². The summed E-state index contributed by atoms with van der Waals surface area (Å²) in [6, 6.07) is 12.3. The van der Waals surface area contributed by atoms with E-state index in [1.54, 1.807) is 11.8 Å². The number of thioether (sulfide) groups is 1. The van der Waals surface area contributed by atoms with Crippen LogP contribution in [0, 0.1) is 10.1 Å². The summed E-state index contributed by atoms with van der Waals surface area (Å²) in [5.74, 6) is 4.75. The number of amidine groups is 1. The van der Waals surface area contributed by atoms with Crippen molar-refractivity contribution in [3.63, 3.8) is 0 Å². The molecule has 0 amide bonds.